The van der Waals surface area contributed by atoms with Crippen LogP contribution >= 0.6 is 0 Å². The first kappa shape index (κ1) is 14.3. The summed E-state index contributed by atoms with van der Waals surface area (Å²) in [5, 5.41) is 0. The molecule has 0 unspecified atom stereocenters. The summed E-state index contributed by atoms with van der Waals surface area (Å²) >= 11 is 0. The van der Waals surface area contributed by atoms with Crippen LogP contribution in [0.1, 0.15) is 23.2 Å². The van der Waals surface area contributed by atoms with E-state index >= 15 is 0 Å². The van der Waals surface area contributed by atoms with Crippen LogP contribution in [0.2, 0.25) is 0 Å². The second-order valence-corrected chi connectivity index (χ2v) is 3.47. The van der Waals surface area contributed by atoms with E-state index in [1.165, 1.54) is 14.2 Å². The minimum absolute atomic E-state index is 0.285. The van der Waals surface area contributed by atoms with Gasteiger partial charge in [0.25, 0.3) is 0 Å². The zero-order valence-corrected chi connectivity index (χ0v) is 10.6. The quantitative estimate of drug-likeness (QED) is 0.424. The summed E-state index contributed by atoms with van der Waals surface area (Å²) in [6, 6.07) is 4.81. The fourth-order valence-electron chi connectivity index (χ4n) is 1.27. The molecule has 5 nitrogen and oxygen atoms in total. The molecule has 1 aromatic rings. The predicted molar refractivity (Wildman–Crippen MR) is 65.5 cm³/mol. The molecule has 0 heterocycles. The van der Waals surface area contributed by atoms with E-state index in [0.29, 0.717) is 18.1 Å². The molecule has 0 aliphatic heterocycles. The van der Waals surface area contributed by atoms with Gasteiger partial charge in [-0.2, -0.15) is 4.89 Å². The largest absolute Gasteiger partial charge is 0.497 e. The van der Waals surface area contributed by atoms with Crippen LogP contribution in [0.5, 0.6) is 11.5 Å². The first-order valence-electron chi connectivity index (χ1n) is 5.58. The van der Waals surface area contributed by atoms with Crippen molar-refractivity contribution in [2.24, 2.45) is 0 Å². The van der Waals surface area contributed by atoms with Gasteiger partial charge in [0.1, 0.15) is 17.1 Å². The average molecular weight is 253 g/mol. The van der Waals surface area contributed by atoms with Gasteiger partial charge in [-0.15, -0.1) is 0 Å². The van der Waals surface area contributed by atoms with Crippen molar-refractivity contribution in [2.45, 2.75) is 12.8 Å². The van der Waals surface area contributed by atoms with Crippen LogP contribution in [-0.4, -0.2) is 26.8 Å². The van der Waals surface area contributed by atoms with Gasteiger partial charge in [-0.05, 0) is 18.6 Å². The number of methoxy groups -OCH3 is 2. The molecule has 0 fully saturated rings. The van der Waals surface area contributed by atoms with E-state index in [2.05, 4.69) is 11.8 Å². The molecule has 1 rings (SSSR count). The molecule has 1 radical (unpaired) electrons. The third kappa shape index (κ3) is 3.92. The Morgan fingerprint density at radius 2 is 2.06 bits per heavy atom. The zero-order chi connectivity index (χ0) is 13.4. The normalized spacial score (nSPS) is 9.94. The minimum atomic E-state index is -0.599. The van der Waals surface area contributed by atoms with Crippen molar-refractivity contribution in [1.82, 2.24) is 0 Å². The molecule has 0 aromatic heterocycles. The average Bonchev–Trinajstić information content (AvgIpc) is 2.42. The number of hydrogen-bond acceptors (Lipinski definition) is 5. The fourth-order valence-corrected chi connectivity index (χ4v) is 1.27. The van der Waals surface area contributed by atoms with Crippen LogP contribution in [-0.2, 0) is 9.78 Å². The van der Waals surface area contributed by atoms with Gasteiger partial charge in [-0.25, -0.2) is 4.79 Å². The minimum Gasteiger partial charge on any atom is -0.497 e. The van der Waals surface area contributed by atoms with Crippen molar-refractivity contribution in [3.63, 3.8) is 0 Å². The van der Waals surface area contributed by atoms with Crippen LogP contribution in [0.4, 0.5) is 0 Å². The van der Waals surface area contributed by atoms with Gasteiger partial charge in [0.2, 0.25) is 0 Å². The Kier molecular flexibility index (Phi) is 6.00. The smallest absolute Gasteiger partial charge is 0.376 e. The molecule has 0 saturated carbocycles. The van der Waals surface area contributed by atoms with Crippen LogP contribution in [0, 0.1) is 6.92 Å². The topological polar surface area (TPSA) is 54.0 Å². The maximum absolute atomic E-state index is 11.7. The highest BCUT2D eigenvalue weighted by atomic mass is 17.2. The van der Waals surface area contributed by atoms with Gasteiger partial charge >= 0.3 is 5.97 Å². The van der Waals surface area contributed by atoms with E-state index in [-0.39, 0.29) is 5.56 Å². The number of carbonyl (C=O) groups excluding carboxylic acids is 1. The molecule has 0 aliphatic rings. The summed E-state index contributed by atoms with van der Waals surface area (Å²) in [6.45, 7) is 3.98. The predicted octanol–water partition coefficient (Wildman–Crippen LogP) is 2.41. The van der Waals surface area contributed by atoms with Gasteiger partial charge in [0, 0.05) is 6.07 Å². The molecule has 5 heteroatoms. The van der Waals surface area contributed by atoms with Crippen molar-refractivity contribution in [3.05, 3.63) is 30.7 Å². The first-order valence-corrected chi connectivity index (χ1v) is 5.58. The summed E-state index contributed by atoms with van der Waals surface area (Å²) in [5.41, 5.74) is 0.285. The number of rotatable bonds is 7. The molecule has 0 aliphatic carbocycles. The molecular weight excluding hydrogens is 236 g/mol. The number of hydrogen-bond donors (Lipinski definition) is 0. The lowest BCUT2D eigenvalue weighted by atomic mass is 10.2. The van der Waals surface area contributed by atoms with E-state index in [0.717, 1.165) is 12.8 Å². The van der Waals surface area contributed by atoms with Crippen molar-refractivity contribution >= 4 is 5.97 Å². The molecule has 0 bridgehead atoms. The molecule has 1 aromatic carbocycles. The monoisotopic (exact) mass is 253 g/mol. The van der Waals surface area contributed by atoms with Gasteiger partial charge < -0.3 is 9.47 Å². The molecular formula is C13H17O5. The molecule has 0 spiro atoms. The Morgan fingerprint density at radius 3 is 2.67 bits per heavy atom. The third-order valence-corrected chi connectivity index (χ3v) is 2.24. The molecule has 0 N–H and O–H groups in total. The number of unbranched alkanes of at least 4 members (excludes halogenated alkanes) is 1. The standard InChI is InChI=1S/C13H17O5/c1-4-5-8-17-18-13(14)11-7-6-10(15-2)9-12(11)16-3/h6-7,9H,1,4-5,8H2,2-3H3. The maximum atomic E-state index is 11.7. The summed E-state index contributed by atoms with van der Waals surface area (Å²) in [6.07, 6.45) is 1.45. The summed E-state index contributed by atoms with van der Waals surface area (Å²) in [4.78, 5) is 21.1. The van der Waals surface area contributed by atoms with Gasteiger partial charge in [0.05, 0.1) is 20.8 Å². The Hall–Kier alpha value is -1.75. The lowest BCUT2D eigenvalue weighted by molar-refractivity contribution is -0.241. The summed E-state index contributed by atoms with van der Waals surface area (Å²) in [7, 11) is 3.00. The number of ether oxygens (including phenoxy) is 2. The second-order valence-electron chi connectivity index (χ2n) is 3.47. The van der Waals surface area contributed by atoms with E-state index < -0.39 is 5.97 Å². The zero-order valence-electron chi connectivity index (χ0n) is 10.6. The van der Waals surface area contributed by atoms with Crippen molar-refractivity contribution < 1.29 is 24.0 Å². The van der Waals surface area contributed by atoms with E-state index in [1.807, 2.05) is 0 Å². The van der Waals surface area contributed by atoms with Gasteiger partial charge in [-0.1, -0.05) is 13.3 Å². The van der Waals surface area contributed by atoms with Gasteiger partial charge in [0.15, 0.2) is 0 Å². The van der Waals surface area contributed by atoms with E-state index in [4.69, 9.17) is 14.4 Å². The highest BCUT2D eigenvalue weighted by molar-refractivity contribution is 5.92. The van der Waals surface area contributed by atoms with Crippen LogP contribution in [0.3, 0.4) is 0 Å². The third-order valence-electron chi connectivity index (χ3n) is 2.24. The van der Waals surface area contributed by atoms with Crippen molar-refractivity contribution in [1.29, 1.82) is 0 Å². The maximum Gasteiger partial charge on any atom is 0.376 e. The van der Waals surface area contributed by atoms with Crippen LogP contribution in [0.15, 0.2) is 18.2 Å². The fraction of sp³-hybridized carbons (Fsp3) is 0.385. The highest BCUT2D eigenvalue weighted by Gasteiger charge is 2.15. The summed E-state index contributed by atoms with van der Waals surface area (Å²) in [5.74, 6) is 0.375. The molecule has 0 atom stereocenters. The van der Waals surface area contributed by atoms with Crippen LogP contribution in [0.25, 0.3) is 0 Å². The molecule has 99 valence electrons. The van der Waals surface area contributed by atoms with Crippen molar-refractivity contribution in [2.75, 3.05) is 20.8 Å². The SMILES string of the molecule is [CH2]CCCOOC(=O)c1ccc(OC)cc1OC. The number of carbonyl (C=O) groups is 1. The first-order chi connectivity index (χ1) is 8.72. The second kappa shape index (κ2) is 7.55. The Labute approximate surface area is 107 Å². The highest BCUT2D eigenvalue weighted by Crippen LogP contribution is 2.25. The van der Waals surface area contributed by atoms with Crippen molar-refractivity contribution in [3.8, 4) is 11.5 Å². The Balaban J connectivity index is 2.66. The van der Waals surface area contributed by atoms with Gasteiger partial charge in [-0.3, -0.25) is 4.89 Å². The van der Waals surface area contributed by atoms with Crippen LogP contribution < -0.4 is 9.47 Å². The number of benzene rings is 1. The Bertz CT molecular complexity index is 389. The lowest BCUT2D eigenvalue weighted by Crippen LogP contribution is -2.08. The molecule has 0 saturated heterocycles. The molecule has 18 heavy (non-hydrogen) atoms. The molecule has 0 amide bonds. The summed E-state index contributed by atoms with van der Waals surface area (Å²) < 4.78 is 10.1. The van der Waals surface area contributed by atoms with E-state index in [9.17, 15) is 4.79 Å². The van der Waals surface area contributed by atoms with E-state index in [1.54, 1.807) is 18.2 Å². The Morgan fingerprint density at radius 1 is 1.28 bits per heavy atom. The lowest BCUT2D eigenvalue weighted by Gasteiger charge is -2.09.